The highest BCUT2D eigenvalue weighted by Gasteiger charge is 2.03. The fourth-order valence-corrected chi connectivity index (χ4v) is 3.25. The maximum absolute atomic E-state index is 5.97. The summed E-state index contributed by atoms with van der Waals surface area (Å²) in [6.07, 6.45) is 4.86. The van der Waals surface area contributed by atoms with Crippen molar-refractivity contribution in [2.75, 3.05) is 6.54 Å². The molecule has 1 N–H and O–H groups in total. The summed E-state index contributed by atoms with van der Waals surface area (Å²) in [5.74, 6) is 0. The van der Waals surface area contributed by atoms with Crippen LogP contribution in [-0.4, -0.2) is 16.3 Å². The van der Waals surface area contributed by atoms with E-state index in [4.69, 9.17) is 11.6 Å². The molecule has 0 aliphatic carbocycles. The van der Waals surface area contributed by atoms with Crippen molar-refractivity contribution in [1.29, 1.82) is 0 Å². The first-order valence-corrected chi connectivity index (χ1v) is 7.36. The van der Waals surface area contributed by atoms with Crippen LogP contribution in [0.25, 0.3) is 0 Å². The van der Waals surface area contributed by atoms with Crippen molar-refractivity contribution >= 4 is 38.9 Å². The molecule has 6 heteroatoms. The van der Waals surface area contributed by atoms with E-state index in [1.54, 1.807) is 17.5 Å². The van der Waals surface area contributed by atoms with Crippen LogP contribution >= 0.6 is 38.9 Å². The first kappa shape index (κ1) is 13.1. The summed E-state index contributed by atoms with van der Waals surface area (Å²) in [6, 6.07) is 4.01. The van der Waals surface area contributed by atoms with E-state index < -0.39 is 0 Å². The van der Waals surface area contributed by atoms with Gasteiger partial charge in [0, 0.05) is 34.8 Å². The second kappa shape index (κ2) is 6.54. The molecule has 92 valence electrons. The summed E-state index contributed by atoms with van der Waals surface area (Å²) in [5.41, 5.74) is 0. The van der Waals surface area contributed by atoms with E-state index in [0.717, 1.165) is 34.9 Å². The Kier molecular flexibility index (Phi) is 5.03. The van der Waals surface area contributed by atoms with Crippen LogP contribution in [0.15, 0.2) is 29.0 Å². The van der Waals surface area contributed by atoms with E-state index >= 15 is 0 Å². The third kappa shape index (κ3) is 4.10. The SMILES string of the molecule is Clc1sc(CNCCCn2cccn2)cc1Br. The van der Waals surface area contributed by atoms with Crippen molar-refractivity contribution in [3.63, 3.8) is 0 Å². The molecule has 2 rings (SSSR count). The number of aromatic nitrogens is 2. The number of aryl methyl sites for hydroxylation is 1. The molecule has 3 nitrogen and oxygen atoms in total. The zero-order valence-electron chi connectivity index (χ0n) is 9.20. The van der Waals surface area contributed by atoms with E-state index in [2.05, 4.69) is 32.4 Å². The van der Waals surface area contributed by atoms with Gasteiger partial charge in [-0.15, -0.1) is 11.3 Å². The summed E-state index contributed by atoms with van der Waals surface area (Å²) in [7, 11) is 0. The number of hydrogen-bond donors (Lipinski definition) is 1. The Bertz CT molecular complexity index is 436. The molecule has 0 unspecified atom stereocenters. The van der Waals surface area contributed by atoms with Gasteiger partial charge in [0.1, 0.15) is 4.34 Å². The molecule has 0 bridgehead atoms. The smallest absolute Gasteiger partial charge is 0.107 e. The molecule has 0 aromatic carbocycles. The number of halogens is 2. The van der Waals surface area contributed by atoms with Crippen molar-refractivity contribution in [3.05, 3.63) is 38.2 Å². The summed E-state index contributed by atoms with van der Waals surface area (Å²) in [5, 5.41) is 7.55. The lowest BCUT2D eigenvalue weighted by atomic mass is 10.4. The topological polar surface area (TPSA) is 29.9 Å². The molecule has 17 heavy (non-hydrogen) atoms. The van der Waals surface area contributed by atoms with Crippen LogP contribution in [0.4, 0.5) is 0 Å². The molecule has 0 aliphatic rings. The molecule has 2 heterocycles. The molecule has 2 aromatic rings. The van der Waals surface area contributed by atoms with Crippen molar-refractivity contribution in [1.82, 2.24) is 15.1 Å². The van der Waals surface area contributed by atoms with E-state index in [-0.39, 0.29) is 0 Å². The molecular formula is C11H13BrClN3S. The lowest BCUT2D eigenvalue weighted by Crippen LogP contribution is -2.15. The summed E-state index contributed by atoms with van der Waals surface area (Å²) in [4.78, 5) is 1.25. The van der Waals surface area contributed by atoms with Gasteiger partial charge in [0.05, 0.1) is 0 Å². The molecule has 0 amide bonds. The normalized spacial score (nSPS) is 10.9. The Morgan fingerprint density at radius 3 is 3.06 bits per heavy atom. The quantitative estimate of drug-likeness (QED) is 0.819. The highest BCUT2D eigenvalue weighted by Crippen LogP contribution is 2.31. The van der Waals surface area contributed by atoms with E-state index in [1.165, 1.54) is 4.88 Å². The Labute approximate surface area is 118 Å². The Morgan fingerprint density at radius 2 is 2.41 bits per heavy atom. The van der Waals surface area contributed by atoms with Crippen molar-refractivity contribution in [3.8, 4) is 0 Å². The van der Waals surface area contributed by atoms with Gasteiger partial charge in [-0.3, -0.25) is 4.68 Å². The van der Waals surface area contributed by atoms with Crippen molar-refractivity contribution in [2.24, 2.45) is 0 Å². The zero-order valence-corrected chi connectivity index (χ0v) is 12.4. The lowest BCUT2D eigenvalue weighted by Gasteiger charge is -2.03. The first-order valence-electron chi connectivity index (χ1n) is 5.37. The van der Waals surface area contributed by atoms with Crippen molar-refractivity contribution < 1.29 is 0 Å². The van der Waals surface area contributed by atoms with Crippen LogP contribution in [0.1, 0.15) is 11.3 Å². The van der Waals surface area contributed by atoms with Crippen LogP contribution in [0.2, 0.25) is 4.34 Å². The minimum atomic E-state index is 0.818. The third-order valence-corrected chi connectivity index (χ3v) is 4.77. The molecule has 2 aromatic heterocycles. The Hall–Kier alpha value is -0.360. The van der Waals surface area contributed by atoms with Gasteiger partial charge in [-0.1, -0.05) is 11.6 Å². The number of thiophene rings is 1. The first-order chi connectivity index (χ1) is 8.25. The maximum Gasteiger partial charge on any atom is 0.107 e. The van der Waals surface area contributed by atoms with Gasteiger partial charge in [0.2, 0.25) is 0 Å². The standard InChI is InChI=1S/C11H13BrClN3S/c12-10-7-9(17-11(10)13)8-14-3-1-5-16-6-2-4-15-16/h2,4,6-7,14H,1,3,5,8H2. The predicted molar refractivity (Wildman–Crippen MR) is 75.6 cm³/mol. The van der Waals surface area contributed by atoms with Gasteiger partial charge in [0.15, 0.2) is 0 Å². The van der Waals surface area contributed by atoms with Gasteiger partial charge in [-0.25, -0.2) is 0 Å². The second-order valence-corrected chi connectivity index (χ2v) is 6.23. The zero-order chi connectivity index (χ0) is 12.1. The van der Waals surface area contributed by atoms with E-state index in [1.807, 2.05) is 16.9 Å². The molecule has 0 atom stereocenters. The summed E-state index contributed by atoms with van der Waals surface area (Å²) in [6.45, 7) is 2.80. The third-order valence-electron chi connectivity index (χ3n) is 2.30. The Morgan fingerprint density at radius 1 is 1.53 bits per heavy atom. The average molecular weight is 335 g/mol. The fourth-order valence-electron chi connectivity index (χ4n) is 1.49. The van der Waals surface area contributed by atoms with Gasteiger partial charge in [-0.05, 0) is 41.0 Å². The Balaban J connectivity index is 1.63. The number of hydrogen-bond acceptors (Lipinski definition) is 3. The minimum Gasteiger partial charge on any atom is -0.312 e. The van der Waals surface area contributed by atoms with Gasteiger partial charge >= 0.3 is 0 Å². The van der Waals surface area contributed by atoms with Crippen LogP contribution in [-0.2, 0) is 13.1 Å². The van der Waals surface area contributed by atoms with Crippen LogP contribution in [0.3, 0.4) is 0 Å². The number of nitrogens with zero attached hydrogens (tertiary/aromatic N) is 2. The molecule has 0 aliphatic heterocycles. The molecule has 0 saturated carbocycles. The monoisotopic (exact) mass is 333 g/mol. The molecule has 0 spiro atoms. The molecular weight excluding hydrogens is 322 g/mol. The molecule has 0 fully saturated rings. The number of rotatable bonds is 6. The average Bonchev–Trinajstić information content (AvgIpc) is 2.90. The van der Waals surface area contributed by atoms with Crippen LogP contribution in [0.5, 0.6) is 0 Å². The number of nitrogens with one attached hydrogen (secondary N) is 1. The highest BCUT2D eigenvalue weighted by atomic mass is 79.9. The van der Waals surface area contributed by atoms with E-state index in [0.29, 0.717) is 0 Å². The van der Waals surface area contributed by atoms with Gasteiger partial charge in [0.25, 0.3) is 0 Å². The maximum atomic E-state index is 5.97. The van der Waals surface area contributed by atoms with Crippen LogP contribution < -0.4 is 5.32 Å². The van der Waals surface area contributed by atoms with Gasteiger partial charge < -0.3 is 5.32 Å². The highest BCUT2D eigenvalue weighted by molar-refractivity contribution is 9.10. The molecule has 0 radical (unpaired) electrons. The van der Waals surface area contributed by atoms with Gasteiger partial charge in [-0.2, -0.15) is 5.10 Å². The summed E-state index contributed by atoms with van der Waals surface area (Å²) >= 11 is 11.0. The van der Waals surface area contributed by atoms with Crippen LogP contribution in [0, 0.1) is 0 Å². The van der Waals surface area contributed by atoms with E-state index in [9.17, 15) is 0 Å². The summed E-state index contributed by atoms with van der Waals surface area (Å²) < 4.78 is 3.75. The van der Waals surface area contributed by atoms with Crippen molar-refractivity contribution in [2.45, 2.75) is 19.5 Å². The lowest BCUT2D eigenvalue weighted by molar-refractivity contribution is 0.544. The minimum absolute atomic E-state index is 0.818. The largest absolute Gasteiger partial charge is 0.312 e. The fraction of sp³-hybridized carbons (Fsp3) is 0.364. The predicted octanol–water partition coefficient (Wildman–Crippen LogP) is 3.54. The molecule has 0 saturated heterocycles. The second-order valence-electron chi connectivity index (χ2n) is 3.63.